The van der Waals surface area contributed by atoms with Gasteiger partial charge in [-0.1, -0.05) is 48.3 Å². The van der Waals surface area contributed by atoms with Gasteiger partial charge in [0.15, 0.2) is 0 Å². The van der Waals surface area contributed by atoms with Crippen LogP contribution in [0.4, 0.5) is 5.69 Å². The van der Waals surface area contributed by atoms with Crippen molar-refractivity contribution in [2.75, 3.05) is 11.9 Å². The van der Waals surface area contributed by atoms with Gasteiger partial charge in [-0.25, -0.2) is 0 Å². The lowest BCUT2D eigenvalue weighted by atomic mass is 10.1. The van der Waals surface area contributed by atoms with Crippen molar-refractivity contribution in [1.82, 2.24) is 5.32 Å². The van der Waals surface area contributed by atoms with E-state index in [1.165, 1.54) is 5.56 Å². The first-order valence-corrected chi connectivity index (χ1v) is 8.29. The van der Waals surface area contributed by atoms with Crippen molar-refractivity contribution in [2.24, 2.45) is 0 Å². The summed E-state index contributed by atoms with van der Waals surface area (Å²) in [6, 6.07) is 7.78. The minimum Gasteiger partial charge on any atom is -0.355 e. The fourth-order valence-corrected chi connectivity index (χ4v) is 2.46. The number of carbonyl (C=O) groups excluding carboxylic acids is 2. The molecule has 5 heteroatoms. The largest absolute Gasteiger partial charge is 0.355 e. The van der Waals surface area contributed by atoms with Crippen LogP contribution in [0.15, 0.2) is 24.3 Å². The molecular weight excluding hydrogens is 332 g/mol. The van der Waals surface area contributed by atoms with Crippen LogP contribution in [0.5, 0.6) is 0 Å². The Hall–Kier alpha value is -1.36. The highest BCUT2D eigenvalue weighted by Gasteiger charge is 2.13. The number of halogens is 1. The zero-order valence-corrected chi connectivity index (χ0v) is 14.2. The molecule has 0 saturated carbocycles. The second kappa shape index (κ2) is 9.55. The molecule has 0 spiro atoms. The normalized spacial score (nSPS) is 11.8. The van der Waals surface area contributed by atoms with E-state index < -0.39 is 0 Å². The van der Waals surface area contributed by atoms with Crippen LogP contribution in [0.25, 0.3) is 0 Å². The van der Waals surface area contributed by atoms with E-state index in [0.717, 1.165) is 24.9 Å². The molecule has 0 aromatic heterocycles. The number of hydrogen-bond acceptors (Lipinski definition) is 2. The standard InChI is InChI=1S/C16H23BrN2O2/c1-3-5-14(17)16(21)18-11-10-15(20)19-13-8-6-12(4-2)7-9-13/h6-9,14H,3-5,10-11H2,1-2H3,(H,18,21)(H,19,20)/t14-/m1/s1. The summed E-state index contributed by atoms with van der Waals surface area (Å²) in [4.78, 5) is 23.2. The van der Waals surface area contributed by atoms with Crippen LogP contribution >= 0.6 is 15.9 Å². The van der Waals surface area contributed by atoms with Gasteiger partial charge in [-0.3, -0.25) is 9.59 Å². The molecule has 1 atom stereocenters. The van der Waals surface area contributed by atoms with Crippen LogP contribution in [-0.2, 0) is 16.0 Å². The Morgan fingerprint density at radius 3 is 2.43 bits per heavy atom. The number of amides is 2. The number of anilines is 1. The van der Waals surface area contributed by atoms with Gasteiger partial charge < -0.3 is 10.6 Å². The van der Waals surface area contributed by atoms with Gasteiger partial charge in [-0.05, 0) is 30.5 Å². The minimum atomic E-state index is -0.174. The predicted molar refractivity (Wildman–Crippen MR) is 89.7 cm³/mol. The number of hydrogen-bond donors (Lipinski definition) is 2. The Balaban J connectivity index is 2.29. The van der Waals surface area contributed by atoms with E-state index in [9.17, 15) is 9.59 Å². The van der Waals surface area contributed by atoms with Crippen molar-refractivity contribution in [1.29, 1.82) is 0 Å². The second-order valence-corrected chi connectivity index (χ2v) is 6.00. The van der Waals surface area contributed by atoms with E-state index in [2.05, 4.69) is 33.5 Å². The monoisotopic (exact) mass is 354 g/mol. The zero-order chi connectivity index (χ0) is 15.7. The first-order valence-electron chi connectivity index (χ1n) is 7.37. The van der Waals surface area contributed by atoms with Gasteiger partial charge in [-0.15, -0.1) is 0 Å². The van der Waals surface area contributed by atoms with Gasteiger partial charge in [0, 0.05) is 18.7 Å². The number of alkyl halides is 1. The molecule has 0 aliphatic rings. The van der Waals surface area contributed by atoms with Crippen LogP contribution in [0, 0.1) is 0 Å². The van der Waals surface area contributed by atoms with Crippen molar-refractivity contribution >= 4 is 33.4 Å². The highest BCUT2D eigenvalue weighted by atomic mass is 79.9. The fraction of sp³-hybridized carbons (Fsp3) is 0.500. The van der Waals surface area contributed by atoms with Crippen molar-refractivity contribution in [2.45, 2.75) is 44.4 Å². The van der Waals surface area contributed by atoms with Crippen molar-refractivity contribution in [3.05, 3.63) is 29.8 Å². The van der Waals surface area contributed by atoms with Crippen LogP contribution in [0.3, 0.4) is 0 Å². The summed E-state index contributed by atoms with van der Waals surface area (Å²) in [5.74, 6) is -0.155. The molecule has 0 heterocycles. The summed E-state index contributed by atoms with van der Waals surface area (Å²) in [6.07, 6.45) is 2.98. The average molecular weight is 355 g/mol. The predicted octanol–water partition coefficient (Wildman–Crippen LogP) is 3.26. The smallest absolute Gasteiger partial charge is 0.233 e. The van der Waals surface area contributed by atoms with Crippen molar-refractivity contribution < 1.29 is 9.59 Å². The molecule has 4 nitrogen and oxygen atoms in total. The van der Waals surface area contributed by atoms with Crippen LogP contribution in [-0.4, -0.2) is 23.2 Å². The molecule has 2 N–H and O–H groups in total. The number of nitrogens with one attached hydrogen (secondary N) is 2. The van der Waals surface area contributed by atoms with Gasteiger partial charge in [0.2, 0.25) is 11.8 Å². The molecule has 1 rings (SSSR count). The number of aryl methyl sites for hydroxylation is 1. The lowest BCUT2D eigenvalue weighted by molar-refractivity contribution is -0.120. The molecule has 0 aliphatic heterocycles. The molecule has 21 heavy (non-hydrogen) atoms. The van der Waals surface area contributed by atoms with Crippen molar-refractivity contribution in [3.63, 3.8) is 0 Å². The molecule has 0 unspecified atom stereocenters. The molecular formula is C16H23BrN2O2. The zero-order valence-electron chi connectivity index (χ0n) is 12.6. The van der Waals surface area contributed by atoms with Gasteiger partial charge in [0.05, 0.1) is 4.83 Å². The highest BCUT2D eigenvalue weighted by Crippen LogP contribution is 2.10. The summed E-state index contributed by atoms with van der Waals surface area (Å²) < 4.78 is 0. The molecule has 1 aromatic carbocycles. The summed E-state index contributed by atoms with van der Waals surface area (Å²) >= 11 is 3.33. The van der Waals surface area contributed by atoms with E-state index >= 15 is 0 Å². The minimum absolute atomic E-state index is 0.0584. The lowest BCUT2D eigenvalue weighted by Crippen LogP contribution is -2.33. The van der Waals surface area contributed by atoms with E-state index in [4.69, 9.17) is 0 Å². The van der Waals surface area contributed by atoms with Crippen LogP contribution in [0.1, 0.15) is 38.7 Å². The number of carbonyl (C=O) groups is 2. The summed E-state index contributed by atoms with van der Waals surface area (Å²) in [7, 11) is 0. The fourth-order valence-electron chi connectivity index (χ4n) is 1.84. The van der Waals surface area contributed by atoms with Gasteiger partial charge in [0.1, 0.15) is 0 Å². The summed E-state index contributed by atoms with van der Waals surface area (Å²) in [5, 5.41) is 5.57. The maximum atomic E-state index is 11.8. The molecule has 0 aliphatic carbocycles. The molecule has 0 bridgehead atoms. The van der Waals surface area contributed by atoms with Gasteiger partial charge in [0.25, 0.3) is 0 Å². The molecule has 0 fully saturated rings. The topological polar surface area (TPSA) is 58.2 Å². The molecule has 116 valence electrons. The Bertz CT molecular complexity index is 460. The van der Waals surface area contributed by atoms with E-state index in [-0.39, 0.29) is 23.1 Å². The first-order chi connectivity index (χ1) is 10.1. The van der Waals surface area contributed by atoms with Gasteiger partial charge >= 0.3 is 0 Å². The van der Waals surface area contributed by atoms with Crippen molar-refractivity contribution in [3.8, 4) is 0 Å². The first kappa shape index (κ1) is 17.7. The van der Waals surface area contributed by atoms with E-state index in [1.54, 1.807) is 0 Å². The highest BCUT2D eigenvalue weighted by molar-refractivity contribution is 9.10. The third kappa shape index (κ3) is 6.76. The molecule has 0 radical (unpaired) electrons. The van der Waals surface area contributed by atoms with E-state index in [1.807, 2.05) is 31.2 Å². The number of benzene rings is 1. The van der Waals surface area contributed by atoms with E-state index in [0.29, 0.717) is 6.54 Å². The molecule has 2 amide bonds. The maximum absolute atomic E-state index is 11.8. The average Bonchev–Trinajstić information content (AvgIpc) is 2.48. The quantitative estimate of drug-likeness (QED) is 0.704. The van der Waals surface area contributed by atoms with Crippen LogP contribution < -0.4 is 10.6 Å². The summed E-state index contributed by atoms with van der Waals surface area (Å²) in [6.45, 7) is 4.47. The third-order valence-electron chi connectivity index (χ3n) is 3.12. The Morgan fingerprint density at radius 1 is 1.19 bits per heavy atom. The molecule has 1 aromatic rings. The van der Waals surface area contributed by atoms with Gasteiger partial charge in [-0.2, -0.15) is 0 Å². The Kier molecular flexibility index (Phi) is 8.05. The Morgan fingerprint density at radius 2 is 1.86 bits per heavy atom. The maximum Gasteiger partial charge on any atom is 0.233 e. The SMILES string of the molecule is CCC[C@@H](Br)C(=O)NCCC(=O)Nc1ccc(CC)cc1. The van der Waals surface area contributed by atoms with Crippen LogP contribution in [0.2, 0.25) is 0 Å². The summed E-state index contributed by atoms with van der Waals surface area (Å²) in [5.41, 5.74) is 2.02. The molecule has 0 saturated heterocycles. The Labute approximate surface area is 134 Å². The second-order valence-electron chi connectivity index (χ2n) is 4.90. The third-order valence-corrected chi connectivity index (χ3v) is 4.00. The number of rotatable bonds is 8. The lowest BCUT2D eigenvalue weighted by Gasteiger charge is -2.10.